The summed E-state index contributed by atoms with van der Waals surface area (Å²) in [5.74, 6) is -0.774. The number of carbonyl (C=O) groups is 1. The van der Waals surface area contributed by atoms with Gasteiger partial charge in [-0.2, -0.15) is 5.10 Å². The summed E-state index contributed by atoms with van der Waals surface area (Å²) < 4.78 is 13.3. The molecule has 0 aliphatic heterocycles. The van der Waals surface area contributed by atoms with E-state index in [0.29, 0.717) is 17.1 Å². The first-order chi connectivity index (χ1) is 9.06. The summed E-state index contributed by atoms with van der Waals surface area (Å²) in [6.45, 7) is 3.92. The SMILES string of the molecule is CC(C)Nc1ccc(F)cc1NC(=O)c1ccn[nH]1. The Morgan fingerprint density at radius 2 is 2.11 bits per heavy atom. The summed E-state index contributed by atoms with van der Waals surface area (Å²) in [4.78, 5) is 11.9. The van der Waals surface area contributed by atoms with Gasteiger partial charge in [0.1, 0.15) is 11.5 Å². The Kier molecular flexibility index (Phi) is 3.79. The van der Waals surface area contributed by atoms with E-state index < -0.39 is 5.82 Å². The zero-order chi connectivity index (χ0) is 13.8. The highest BCUT2D eigenvalue weighted by Gasteiger charge is 2.11. The van der Waals surface area contributed by atoms with Gasteiger partial charge in [-0.05, 0) is 38.1 Å². The van der Waals surface area contributed by atoms with Gasteiger partial charge in [-0.3, -0.25) is 9.89 Å². The minimum Gasteiger partial charge on any atom is -0.381 e. The molecule has 100 valence electrons. The maximum atomic E-state index is 13.3. The predicted octanol–water partition coefficient (Wildman–Crippen LogP) is 2.62. The molecule has 0 bridgehead atoms. The van der Waals surface area contributed by atoms with E-state index in [2.05, 4.69) is 20.8 Å². The maximum Gasteiger partial charge on any atom is 0.273 e. The number of aromatic amines is 1. The molecule has 2 rings (SSSR count). The number of benzene rings is 1. The molecular formula is C13H15FN4O. The van der Waals surface area contributed by atoms with Crippen molar-refractivity contribution in [2.45, 2.75) is 19.9 Å². The summed E-state index contributed by atoms with van der Waals surface area (Å²) in [6.07, 6.45) is 1.48. The first-order valence-corrected chi connectivity index (χ1v) is 5.93. The Bertz CT molecular complexity index is 566. The second-order valence-corrected chi connectivity index (χ2v) is 4.41. The molecule has 0 spiro atoms. The lowest BCUT2D eigenvalue weighted by Crippen LogP contribution is -2.16. The van der Waals surface area contributed by atoms with E-state index in [0.717, 1.165) is 0 Å². The van der Waals surface area contributed by atoms with Crippen LogP contribution in [0.15, 0.2) is 30.5 Å². The molecule has 5 nitrogen and oxygen atoms in total. The van der Waals surface area contributed by atoms with E-state index in [1.807, 2.05) is 13.8 Å². The topological polar surface area (TPSA) is 69.8 Å². The molecule has 0 saturated carbocycles. The molecule has 19 heavy (non-hydrogen) atoms. The number of H-pyrrole nitrogens is 1. The lowest BCUT2D eigenvalue weighted by atomic mass is 10.2. The maximum absolute atomic E-state index is 13.3. The van der Waals surface area contributed by atoms with Crippen molar-refractivity contribution in [1.29, 1.82) is 0 Å². The molecule has 0 aliphatic rings. The number of halogens is 1. The first kappa shape index (κ1) is 13.1. The quantitative estimate of drug-likeness (QED) is 0.793. The molecule has 0 saturated heterocycles. The van der Waals surface area contributed by atoms with Crippen LogP contribution in [0.25, 0.3) is 0 Å². The van der Waals surface area contributed by atoms with Crippen molar-refractivity contribution in [3.63, 3.8) is 0 Å². The minimum absolute atomic E-state index is 0.174. The molecule has 0 atom stereocenters. The third-order valence-electron chi connectivity index (χ3n) is 2.42. The number of nitrogens with one attached hydrogen (secondary N) is 3. The zero-order valence-corrected chi connectivity index (χ0v) is 10.7. The second-order valence-electron chi connectivity index (χ2n) is 4.41. The van der Waals surface area contributed by atoms with Crippen molar-refractivity contribution in [3.05, 3.63) is 42.0 Å². The van der Waals surface area contributed by atoms with Crippen LogP contribution < -0.4 is 10.6 Å². The van der Waals surface area contributed by atoms with Crippen molar-refractivity contribution < 1.29 is 9.18 Å². The Morgan fingerprint density at radius 1 is 1.32 bits per heavy atom. The van der Waals surface area contributed by atoms with Crippen LogP contribution in [0.2, 0.25) is 0 Å². The van der Waals surface area contributed by atoms with Gasteiger partial charge < -0.3 is 10.6 Å². The molecule has 1 amide bonds. The number of aromatic nitrogens is 2. The Balaban J connectivity index is 2.23. The molecule has 0 unspecified atom stereocenters. The number of nitrogens with zero attached hydrogens (tertiary/aromatic N) is 1. The van der Waals surface area contributed by atoms with Gasteiger partial charge in [-0.15, -0.1) is 0 Å². The summed E-state index contributed by atoms with van der Waals surface area (Å²) in [7, 11) is 0. The van der Waals surface area contributed by atoms with E-state index in [4.69, 9.17) is 0 Å². The van der Waals surface area contributed by atoms with E-state index in [1.54, 1.807) is 12.1 Å². The van der Waals surface area contributed by atoms with Crippen molar-refractivity contribution >= 4 is 17.3 Å². The fourth-order valence-electron chi connectivity index (χ4n) is 1.63. The highest BCUT2D eigenvalue weighted by atomic mass is 19.1. The smallest absolute Gasteiger partial charge is 0.273 e. The van der Waals surface area contributed by atoms with Gasteiger partial charge in [-0.25, -0.2) is 4.39 Å². The van der Waals surface area contributed by atoms with Crippen LogP contribution in [-0.4, -0.2) is 22.1 Å². The molecule has 1 aromatic heterocycles. The number of hydrogen-bond acceptors (Lipinski definition) is 3. The van der Waals surface area contributed by atoms with E-state index in [-0.39, 0.29) is 11.9 Å². The van der Waals surface area contributed by atoms with Gasteiger partial charge in [0.2, 0.25) is 0 Å². The molecule has 6 heteroatoms. The van der Waals surface area contributed by atoms with Crippen molar-refractivity contribution in [3.8, 4) is 0 Å². The molecule has 1 heterocycles. The van der Waals surface area contributed by atoms with Crippen LogP contribution in [0, 0.1) is 5.82 Å². The average molecular weight is 262 g/mol. The summed E-state index contributed by atoms with van der Waals surface area (Å²) >= 11 is 0. The van der Waals surface area contributed by atoms with Crippen LogP contribution in [-0.2, 0) is 0 Å². The van der Waals surface area contributed by atoms with Crippen LogP contribution in [0.3, 0.4) is 0 Å². The van der Waals surface area contributed by atoms with Gasteiger partial charge in [0, 0.05) is 12.2 Å². The second kappa shape index (κ2) is 5.51. The summed E-state index contributed by atoms with van der Waals surface area (Å²) in [5, 5.41) is 12.0. The number of amides is 1. The number of carbonyl (C=O) groups excluding carboxylic acids is 1. The van der Waals surface area contributed by atoms with Gasteiger partial charge in [0.25, 0.3) is 5.91 Å². The van der Waals surface area contributed by atoms with Crippen LogP contribution >= 0.6 is 0 Å². The third-order valence-corrected chi connectivity index (χ3v) is 2.42. The normalized spacial score (nSPS) is 10.5. The zero-order valence-electron chi connectivity index (χ0n) is 10.7. The number of rotatable bonds is 4. The number of anilines is 2. The van der Waals surface area contributed by atoms with Crippen molar-refractivity contribution in [1.82, 2.24) is 10.2 Å². The largest absolute Gasteiger partial charge is 0.381 e. The standard InChI is InChI=1S/C13H15FN4O/c1-8(2)16-10-4-3-9(14)7-12(10)17-13(19)11-5-6-15-18-11/h3-8,16H,1-2H3,(H,15,18)(H,17,19). The lowest BCUT2D eigenvalue weighted by Gasteiger charge is -2.15. The molecule has 0 fully saturated rings. The van der Waals surface area contributed by atoms with E-state index >= 15 is 0 Å². The minimum atomic E-state index is -0.408. The third kappa shape index (κ3) is 3.31. The van der Waals surface area contributed by atoms with Gasteiger partial charge >= 0.3 is 0 Å². The highest BCUT2D eigenvalue weighted by Crippen LogP contribution is 2.24. The average Bonchev–Trinajstić information content (AvgIpc) is 2.86. The molecule has 3 N–H and O–H groups in total. The monoisotopic (exact) mass is 262 g/mol. The fraction of sp³-hybridized carbons (Fsp3) is 0.231. The van der Waals surface area contributed by atoms with Gasteiger partial charge in [0.05, 0.1) is 11.4 Å². The molecular weight excluding hydrogens is 247 g/mol. The lowest BCUT2D eigenvalue weighted by molar-refractivity contribution is 0.102. The van der Waals surface area contributed by atoms with Crippen molar-refractivity contribution in [2.24, 2.45) is 0 Å². The Morgan fingerprint density at radius 3 is 2.74 bits per heavy atom. The Labute approximate surface area is 110 Å². The predicted molar refractivity (Wildman–Crippen MR) is 71.7 cm³/mol. The van der Waals surface area contributed by atoms with Crippen molar-refractivity contribution in [2.75, 3.05) is 10.6 Å². The first-order valence-electron chi connectivity index (χ1n) is 5.93. The van der Waals surface area contributed by atoms with Crippen LogP contribution in [0.5, 0.6) is 0 Å². The molecule has 0 aliphatic carbocycles. The molecule has 1 aromatic carbocycles. The van der Waals surface area contributed by atoms with E-state index in [9.17, 15) is 9.18 Å². The molecule has 0 radical (unpaired) electrons. The van der Waals surface area contributed by atoms with Crippen LogP contribution in [0.1, 0.15) is 24.3 Å². The van der Waals surface area contributed by atoms with Crippen LogP contribution in [0.4, 0.5) is 15.8 Å². The number of hydrogen-bond donors (Lipinski definition) is 3. The van der Waals surface area contributed by atoms with Gasteiger partial charge in [-0.1, -0.05) is 0 Å². The molecule has 2 aromatic rings. The Hall–Kier alpha value is -2.37. The van der Waals surface area contributed by atoms with Gasteiger partial charge in [0.15, 0.2) is 0 Å². The summed E-state index contributed by atoms with van der Waals surface area (Å²) in [5.41, 5.74) is 1.39. The summed E-state index contributed by atoms with van der Waals surface area (Å²) in [6, 6.07) is 5.94. The highest BCUT2D eigenvalue weighted by molar-refractivity contribution is 6.04. The van der Waals surface area contributed by atoms with E-state index in [1.165, 1.54) is 18.3 Å². The fourth-order valence-corrected chi connectivity index (χ4v) is 1.63.